The van der Waals surface area contributed by atoms with Gasteiger partial charge in [0, 0.05) is 18.8 Å². The van der Waals surface area contributed by atoms with Gasteiger partial charge < -0.3 is 24.8 Å². The second-order valence-electron chi connectivity index (χ2n) is 11.0. The van der Waals surface area contributed by atoms with Crippen LogP contribution in [0.25, 0.3) is 0 Å². The molecule has 0 radical (unpaired) electrons. The molecule has 184 valence electrons. The SMILES string of the molecule is C=C[C@@]1(C)CC(=O)[C@@]2(O)[C@](C)(O1)[C@@H](OC(=O)c1cccnc1)C(O)=C1C(C)(C)CC[C@H](O)[C@@]12C. The van der Waals surface area contributed by atoms with Crippen molar-refractivity contribution in [3.05, 3.63) is 54.1 Å². The summed E-state index contributed by atoms with van der Waals surface area (Å²) in [6.07, 6.45) is 2.23. The Hall–Kier alpha value is -2.55. The maximum Gasteiger partial charge on any atom is 0.340 e. The summed E-state index contributed by atoms with van der Waals surface area (Å²) in [4.78, 5) is 30.8. The minimum absolute atomic E-state index is 0.136. The molecule has 1 aliphatic heterocycles. The zero-order valence-electron chi connectivity index (χ0n) is 20.3. The molecule has 1 aromatic heterocycles. The smallest absolute Gasteiger partial charge is 0.340 e. The Morgan fingerprint density at radius 2 is 1.97 bits per heavy atom. The number of nitrogens with zero attached hydrogens (tertiary/aromatic N) is 1. The van der Waals surface area contributed by atoms with Gasteiger partial charge in [-0.25, -0.2) is 4.79 Å². The number of fused-ring (bicyclic) bond motifs is 3. The van der Waals surface area contributed by atoms with E-state index in [1.54, 1.807) is 19.9 Å². The molecule has 0 aromatic carbocycles. The minimum Gasteiger partial charge on any atom is -0.508 e. The number of aliphatic hydroxyl groups excluding tert-OH is 2. The quantitative estimate of drug-likeness (QED) is 0.454. The molecule has 0 bridgehead atoms. The highest BCUT2D eigenvalue weighted by Crippen LogP contribution is 2.66. The van der Waals surface area contributed by atoms with E-state index in [-0.39, 0.29) is 17.7 Å². The zero-order chi connectivity index (χ0) is 25.3. The summed E-state index contributed by atoms with van der Waals surface area (Å²) in [6, 6.07) is 3.08. The van der Waals surface area contributed by atoms with Gasteiger partial charge in [0.2, 0.25) is 0 Å². The number of pyridine rings is 1. The first-order valence-corrected chi connectivity index (χ1v) is 11.5. The van der Waals surface area contributed by atoms with Crippen LogP contribution in [-0.2, 0) is 14.3 Å². The number of carbonyl (C=O) groups is 2. The second kappa shape index (κ2) is 7.47. The first-order valence-electron chi connectivity index (χ1n) is 11.5. The molecule has 0 amide bonds. The van der Waals surface area contributed by atoms with Crippen molar-refractivity contribution in [3.8, 4) is 0 Å². The van der Waals surface area contributed by atoms with Crippen LogP contribution in [0.4, 0.5) is 0 Å². The van der Waals surface area contributed by atoms with Crippen LogP contribution in [0, 0.1) is 10.8 Å². The van der Waals surface area contributed by atoms with E-state index in [0.29, 0.717) is 18.4 Å². The minimum atomic E-state index is -2.30. The van der Waals surface area contributed by atoms with Crippen LogP contribution in [-0.4, -0.2) is 61.1 Å². The molecule has 6 atom stereocenters. The van der Waals surface area contributed by atoms with E-state index >= 15 is 0 Å². The monoisotopic (exact) mass is 471 g/mol. The van der Waals surface area contributed by atoms with Crippen molar-refractivity contribution in [1.29, 1.82) is 0 Å². The lowest BCUT2D eigenvalue weighted by Gasteiger charge is -2.67. The third-order valence-corrected chi connectivity index (χ3v) is 8.29. The number of hydrogen-bond acceptors (Lipinski definition) is 8. The van der Waals surface area contributed by atoms with Crippen molar-refractivity contribution >= 4 is 11.8 Å². The molecule has 34 heavy (non-hydrogen) atoms. The summed E-state index contributed by atoms with van der Waals surface area (Å²) in [7, 11) is 0. The Labute approximate surface area is 199 Å². The highest BCUT2D eigenvalue weighted by Gasteiger charge is 2.78. The normalized spacial score (nSPS) is 41.3. The molecule has 8 heteroatoms. The molecular formula is C26H33NO7. The topological polar surface area (TPSA) is 126 Å². The van der Waals surface area contributed by atoms with Crippen LogP contribution in [0.15, 0.2) is 48.5 Å². The summed E-state index contributed by atoms with van der Waals surface area (Å²) >= 11 is 0. The van der Waals surface area contributed by atoms with E-state index in [0.717, 1.165) is 0 Å². The largest absolute Gasteiger partial charge is 0.508 e. The highest BCUT2D eigenvalue weighted by atomic mass is 16.6. The van der Waals surface area contributed by atoms with Crippen LogP contribution < -0.4 is 0 Å². The standard InChI is InChI=1S/C26H33NO7/c1-7-23(4)13-17(29)26(32)24(5)16(28)10-11-22(2,3)19(24)18(30)20(25(26,6)34-23)33-21(31)15-9-8-12-27-14-15/h7-9,12,14,16,20,28,30,32H,1,10-11,13H2,2-6H3/t16-,20-,23-,24-,25+,26-/m0/s1. The van der Waals surface area contributed by atoms with Gasteiger partial charge in [-0.15, -0.1) is 6.58 Å². The van der Waals surface area contributed by atoms with Crippen molar-refractivity contribution in [2.45, 2.75) is 82.9 Å². The number of aliphatic hydroxyl groups is 3. The Balaban J connectivity index is 2.00. The fraction of sp³-hybridized carbons (Fsp3) is 0.577. The van der Waals surface area contributed by atoms with E-state index in [1.165, 1.54) is 31.5 Å². The van der Waals surface area contributed by atoms with E-state index < -0.39 is 51.6 Å². The highest BCUT2D eigenvalue weighted by molar-refractivity contribution is 5.94. The van der Waals surface area contributed by atoms with Crippen molar-refractivity contribution in [1.82, 2.24) is 4.98 Å². The van der Waals surface area contributed by atoms with Gasteiger partial charge in [0.05, 0.1) is 22.7 Å². The van der Waals surface area contributed by atoms with Crippen LogP contribution in [0.2, 0.25) is 0 Å². The molecule has 3 aliphatic rings. The van der Waals surface area contributed by atoms with E-state index in [1.807, 2.05) is 13.8 Å². The Kier molecular flexibility index (Phi) is 5.40. The van der Waals surface area contributed by atoms with Gasteiger partial charge in [0.15, 0.2) is 17.5 Å². The lowest BCUT2D eigenvalue weighted by molar-refractivity contribution is -0.309. The van der Waals surface area contributed by atoms with Gasteiger partial charge in [0.1, 0.15) is 11.4 Å². The maximum absolute atomic E-state index is 13.8. The third-order valence-electron chi connectivity index (χ3n) is 8.29. The summed E-state index contributed by atoms with van der Waals surface area (Å²) in [6.45, 7) is 12.2. The van der Waals surface area contributed by atoms with Crippen LogP contribution >= 0.6 is 0 Å². The summed E-state index contributed by atoms with van der Waals surface area (Å²) in [5.41, 5.74) is -7.28. The fourth-order valence-corrected chi connectivity index (χ4v) is 6.51. The van der Waals surface area contributed by atoms with Crippen molar-refractivity contribution in [3.63, 3.8) is 0 Å². The van der Waals surface area contributed by atoms with Crippen molar-refractivity contribution in [2.24, 2.45) is 10.8 Å². The van der Waals surface area contributed by atoms with E-state index in [4.69, 9.17) is 9.47 Å². The van der Waals surface area contributed by atoms with E-state index in [9.17, 15) is 24.9 Å². The molecule has 3 N–H and O–H groups in total. The average Bonchev–Trinajstić information content (AvgIpc) is 2.77. The van der Waals surface area contributed by atoms with Crippen molar-refractivity contribution in [2.75, 3.05) is 0 Å². The molecular weight excluding hydrogens is 438 g/mol. The molecule has 8 nitrogen and oxygen atoms in total. The number of Topliss-reactive ketones (excluding diaryl/α,β-unsaturated/α-hetero) is 1. The van der Waals surface area contributed by atoms with Crippen molar-refractivity contribution < 1.29 is 34.4 Å². The molecule has 4 rings (SSSR count). The predicted octanol–water partition coefficient (Wildman–Crippen LogP) is 3.04. The fourth-order valence-electron chi connectivity index (χ4n) is 6.51. The molecule has 2 heterocycles. The first kappa shape index (κ1) is 24.6. The summed E-state index contributed by atoms with van der Waals surface area (Å²) < 4.78 is 12.1. The van der Waals surface area contributed by atoms with Gasteiger partial charge >= 0.3 is 5.97 Å². The lowest BCUT2D eigenvalue weighted by Crippen LogP contribution is -2.82. The predicted molar refractivity (Wildman–Crippen MR) is 123 cm³/mol. The summed E-state index contributed by atoms with van der Waals surface area (Å²) in [5.74, 6) is -1.69. The molecule has 1 aromatic rings. The van der Waals surface area contributed by atoms with Crippen LogP contribution in [0.3, 0.4) is 0 Å². The molecule has 0 spiro atoms. The molecule has 2 aliphatic carbocycles. The van der Waals surface area contributed by atoms with Gasteiger partial charge in [-0.2, -0.15) is 0 Å². The first-order chi connectivity index (χ1) is 15.7. The zero-order valence-corrected chi connectivity index (χ0v) is 20.3. The third kappa shape index (κ3) is 2.98. The number of esters is 1. The Morgan fingerprint density at radius 3 is 2.56 bits per heavy atom. The number of rotatable bonds is 3. The van der Waals surface area contributed by atoms with Gasteiger partial charge in [-0.3, -0.25) is 9.78 Å². The Morgan fingerprint density at radius 1 is 1.29 bits per heavy atom. The molecule has 2 fully saturated rings. The summed E-state index contributed by atoms with van der Waals surface area (Å²) in [5, 5.41) is 35.3. The van der Waals surface area contributed by atoms with Gasteiger partial charge in [-0.1, -0.05) is 19.9 Å². The molecule has 1 saturated carbocycles. The second-order valence-corrected chi connectivity index (χ2v) is 11.0. The number of ether oxygens (including phenoxy) is 2. The number of ketones is 1. The average molecular weight is 472 g/mol. The van der Waals surface area contributed by atoms with Gasteiger partial charge in [-0.05, 0) is 56.7 Å². The molecule has 1 saturated heterocycles. The number of carbonyl (C=O) groups excluding carboxylic acids is 2. The molecule has 0 unspecified atom stereocenters. The Bertz CT molecular complexity index is 1080. The van der Waals surface area contributed by atoms with Crippen LogP contribution in [0.1, 0.15) is 64.2 Å². The number of aromatic nitrogens is 1. The van der Waals surface area contributed by atoms with Crippen LogP contribution in [0.5, 0.6) is 0 Å². The number of hydrogen-bond donors (Lipinski definition) is 3. The van der Waals surface area contributed by atoms with E-state index in [2.05, 4.69) is 11.6 Å². The van der Waals surface area contributed by atoms with Gasteiger partial charge in [0.25, 0.3) is 0 Å². The lowest BCUT2D eigenvalue weighted by atomic mass is 9.44. The maximum atomic E-state index is 13.8.